The minimum atomic E-state index is -3.70. The molecular weight excluding hydrogens is 444 g/mol. The number of para-hydroxylation sites is 2. The molecule has 0 spiro atoms. The Balaban J connectivity index is 1.61. The summed E-state index contributed by atoms with van der Waals surface area (Å²) in [6.07, 6.45) is 4.85. The number of fused-ring (bicyclic) bond motifs is 1. The van der Waals surface area contributed by atoms with Crippen molar-refractivity contribution in [1.82, 2.24) is 13.9 Å². The van der Waals surface area contributed by atoms with Crippen LogP contribution in [-0.4, -0.2) is 48.4 Å². The van der Waals surface area contributed by atoms with Crippen molar-refractivity contribution < 1.29 is 17.9 Å². The fourth-order valence-electron chi connectivity index (χ4n) is 3.99. The van der Waals surface area contributed by atoms with Crippen molar-refractivity contribution in [1.29, 1.82) is 0 Å². The van der Waals surface area contributed by atoms with E-state index in [9.17, 15) is 18.0 Å². The molecule has 1 aromatic heterocycles. The van der Waals surface area contributed by atoms with E-state index >= 15 is 0 Å². The maximum Gasteiger partial charge on any atom is 0.269 e. The maximum atomic E-state index is 13.2. The Bertz CT molecular complexity index is 1330. The molecule has 0 atom stereocenters. The van der Waals surface area contributed by atoms with E-state index in [0.717, 1.165) is 25.7 Å². The van der Waals surface area contributed by atoms with Gasteiger partial charge >= 0.3 is 0 Å². The number of hydrogen-bond donors (Lipinski definition) is 1. The van der Waals surface area contributed by atoms with E-state index < -0.39 is 21.5 Å². The summed E-state index contributed by atoms with van der Waals surface area (Å²) >= 11 is 0. The van der Waals surface area contributed by atoms with E-state index in [-0.39, 0.29) is 17.1 Å². The number of ether oxygens (including phenoxy) is 1. The Morgan fingerprint density at radius 1 is 1.09 bits per heavy atom. The number of benzene rings is 2. The predicted octanol–water partition coefficient (Wildman–Crippen LogP) is 2.61. The van der Waals surface area contributed by atoms with Crippen LogP contribution in [0.3, 0.4) is 0 Å². The number of nitrogens with zero attached hydrogens (tertiary/aromatic N) is 3. The molecule has 0 saturated carbocycles. The van der Waals surface area contributed by atoms with Crippen LogP contribution in [0.5, 0.6) is 5.75 Å². The van der Waals surface area contributed by atoms with Crippen molar-refractivity contribution >= 4 is 32.7 Å². The van der Waals surface area contributed by atoms with Crippen LogP contribution in [-0.2, 0) is 21.4 Å². The van der Waals surface area contributed by atoms with Gasteiger partial charge in [-0.2, -0.15) is 4.31 Å². The van der Waals surface area contributed by atoms with Gasteiger partial charge in [0.1, 0.15) is 12.3 Å². The topological polar surface area (TPSA) is 111 Å². The molecule has 174 valence electrons. The summed E-state index contributed by atoms with van der Waals surface area (Å²) in [5.41, 5.74) is 0.941. The van der Waals surface area contributed by atoms with E-state index in [1.807, 2.05) is 0 Å². The molecule has 2 aromatic carbocycles. The fourth-order valence-corrected chi connectivity index (χ4v) is 5.53. The Morgan fingerprint density at radius 2 is 1.82 bits per heavy atom. The first-order valence-corrected chi connectivity index (χ1v) is 12.3. The summed E-state index contributed by atoms with van der Waals surface area (Å²) in [6, 6.07) is 11.4. The number of rotatable bonds is 6. The third-order valence-electron chi connectivity index (χ3n) is 5.70. The van der Waals surface area contributed by atoms with Gasteiger partial charge < -0.3 is 10.1 Å². The van der Waals surface area contributed by atoms with Gasteiger partial charge in [0.05, 0.1) is 34.9 Å². The third-order valence-corrected chi connectivity index (χ3v) is 7.60. The number of anilines is 1. The molecule has 0 radical (unpaired) electrons. The van der Waals surface area contributed by atoms with Gasteiger partial charge in [0.2, 0.25) is 15.9 Å². The van der Waals surface area contributed by atoms with Crippen LogP contribution in [0, 0.1) is 0 Å². The molecule has 1 fully saturated rings. The summed E-state index contributed by atoms with van der Waals surface area (Å²) in [6.45, 7) is 0.705. The average Bonchev–Trinajstić information content (AvgIpc) is 3.11. The van der Waals surface area contributed by atoms with Gasteiger partial charge in [0, 0.05) is 13.1 Å². The molecule has 1 aliphatic heterocycles. The summed E-state index contributed by atoms with van der Waals surface area (Å²) in [4.78, 5) is 29.4. The fraction of sp³-hybridized carbons (Fsp3) is 0.348. The van der Waals surface area contributed by atoms with Crippen LogP contribution in [0.25, 0.3) is 11.0 Å². The number of amides is 1. The number of nitrogens with one attached hydrogen (secondary N) is 1. The van der Waals surface area contributed by atoms with Crippen LogP contribution >= 0.6 is 0 Å². The van der Waals surface area contributed by atoms with Crippen LogP contribution in [0.2, 0.25) is 0 Å². The molecule has 3 aromatic rings. The summed E-state index contributed by atoms with van der Waals surface area (Å²) in [5, 5.41) is 2.70. The number of methoxy groups -OCH3 is 1. The lowest BCUT2D eigenvalue weighted by Gasteiger charge is -2.21. The van der Waals surface area contributed by atoms with E-state index in [4.69, 9.17) is 4.74 Å². The standard InChI is InChI=1S/C23H26N4O5S/c1-32-21-11-10-17(33(30,31)26-12-6-2-3-7-13-26)14-19(21)25-22(28)16-27-20-9-5-4-8-18(20)24-15-23(27)29/h4-5,8-11,14-15H,2-3,6-7,12-13,16H2,1H3,(H,25,28). The molecule has 0 unspecified atom stereocenters. The monoisotopic (exact) mass is 470 g/mol. The third kappa shape index (κ3) is 4.91. The van der Waals surface area contributed by atoms with Crippen molar-refractivity contribution in [2.45, 2.75) is 37.1 Å². The largest absolute Gasteiger partial charge is 0.495 e. The Kier molecular flexibility index (Phi) is 6.75. The number of aromatic nitrogens is 2. The molecule has 1 N–H and O–H groups in total. The van der Waals surface area contributed by atoms with Crippen LogP contribution in [0.4, 0.5) is 5.69 Å². The van der Waals surface area contributed by atoms with Crippen LogP contribution < -0.4 is 15.6 Å². The van der Waals surface area contributed by atoms with Crippen molar-refractivity contribution in [2.75, 3.05) is 25.5 Å². The number of carbonyl (C=O) groups excluding carboxylic acids is 1. The van der Waals surface area contributed by atoms with E-state index in [1.165, 1.54) is 40.4 Å². The normalized spacial score (nSPS) is 15.2. The smallest absolute Gasteiger partial charge is 0.269 e. The van der Waals surface area contributed by atoms with Crippen molar-refractivity contribution in [3.63, 3.8) is 0 Å². The highest BCUT2D eigenvalue weighted by Gasteiger charge is 2.26. The van der Waals surface area contributed by atoms with Crippen molar-refractivity contribution in [2.24, 2.45) is 0 Å². The zero-order valence-corrected chi connectivity index (χ0v) is 19.2. The second-order valence-corrected chi connectivity index (χ2v) is 9.84. The molecule has 1 saturated heterocycles. The second kappa shape index (κ2) is 9.72. The highest BCUT2D eigenvalue weighted by molar-refractivity contribution is 7.89. The quantitative estimate of drug-likeness (QED) is 0.593. The molecule has 33 heavy (non-hydrogen) atoms. The Morgan fingerprint density at radius 3 is 2.55 bits per heavy atom. The minimum absolute atomic E-state index is 0.0898. The van der Waals surface area contributed by atoms with Crippen molar-refractivity contribution in [3.8, 4) is 5.75 Å². The first-order chi connectivity index (χ1) is 15.9. The molecule has 0 bridgehead atoms. The molecule has 10 heteroatoms. The molecule has 9 nitrogen and oxygen atoms in total. The first kappa shape index (κ1) is 22.9. The minimum Gasteiger partial charge on any atom is -0.495 e. The summed E-state index contributed by atoms with van der Waals surface area (Å²) < 4.78 is 34.5. The highest BCUT2D eigenvalue weighted by Crippen LogP contribution is 2.30. The number of hydrogen-bond acceptors (Lipinski definition) is 6. The lowest BCUT2D eigenvalue weighted by atomic mass is 10.2. The SMILES string of the molecule is COc1ccc(S(=O)(=O)N2CCCCCC2)cc1NC(=O)Cn1c(=O)cnc2ccccc21. The summed E-state index contributed by atoms with van der Waals surface area (Å²) in [5.74, 6) is -0.166. The second-order valence-electron chi connectivity index (χ2n) is 7.90. The average molecular weight is 471 g/mol. The van der Waals surface area contributed by atoms with Crippen molar-refractivity contribution in [3.05, 3.63) is 59.0 Å². The highest BCUT2D eigenvalue weighted by atomic mass is 32.2. The molecule has 1 aliphatic rings. The lowest BCUT2D eigenvalue weighted by molar-refractivity contribution is -0.116. The number of carbonyl (C=O) groups is 1. The maximum absolute atomic E-state index is 13.2. The molecule has 0 aliphatic carbocycles. The Hall–Kier alpha value is -3.24. The van der Waals surface area contributed by atoms with E-state index in [0.29, 0.717) is 29.9 Å². The molecule has 1 amide bonds. The first-order valence-electron chi connectivity index (χ1n) is 10.8. The van der Waals surface area contributed by atoms with Gasteiger partial charge in [0.25, 0.3) is 5.56 Å². The van der Waals surface area contributed by atoms with Gasteiger partial charge in [-0.15, -0.1) is 0 Å². The molecule has 2 heterocycles. The summed E-state index contributed by atoms with van der Waals surface area (Å²) in [7, 11) is -2.26. The Labute approximate surface area is 192 Å². The zero-order chi connectivity index (χ0) is 23.4. The molecule has 4 rings (SSSR count). The van der Waals surface area contributed by atoms with E-state index in [2.05, 4.69) is 10.3 Å². The number of sulfonamides is 1. The zero-order valence-electron chi connectivity index (χ0n) is 18.4. The van der Waals surface area contributed by atoms with Crippen LogP contribution in [0.1, 0.15) is 25.7 Å². The van der Waals surface area contributed by atoms with Gasteiger partial charge in [-0.3, -0.25) is 14.2 Å². The van der Waals surface area contributed by atoms with Gasteiger partial charge in [-0.1, -0.05) is 25.0 Å². The van der Waals surface area contributed by atoms with Gasteiger partial charge in [-0.05, 0) is 43.2 Å². The lowest BCUT2D eigenvalue weighted by Crippen LogP contribution is -2.32. The van der Waals surface area contributed by atoms with Crippen LogP contribution in [0.15, 0.2) is 58.4 Å². The predicted molar refractivity (Wildman–Crippen MR) is 125 cm³/mol. The van der Waals surface area contributed by atoms with Gasteiger partial charge in [-0.25, -0.2) is 13.4 Å². The molecular formula is C23H26N4O5S. The van der Waals surface area contributed by atoms with Gasteiger partial charge in [0.15, 0.2) is 0 Å². The van der Waals surface area contributed by atoms with E-state index in [1.54, 1.807) is 24.3 Å².